The molecule has 0 unspecified atom stereocenters. The molecule has 0 aliphatic carbocycles. The fraction of sp³-hybridized carbons (Fsp3) is 0.250. The molecule has 1 N–H and O–H groups in total. The lowest BCUT2D eigenvalue weighted by Crippen LogP contribution is -2.18. The Hall–Kier alpha value is -1.67. The molecule has 0 aromatic heterocycles. The van der Waals surface area contributed by atoms with E-state index in [0.717, 1.165) is 12.1 Å². The quantitative estimate of drug-likeness (QED) is 0.856. The lowest BCUT2D eigenvalue weighted by Gasteiger charge is -2.15. The summed E-state index contributed by atoms with van der Waals surface area (Å²) in [6, 6.07) is 15.2. The molecule has 0 aliphatic heterocycles. The number of rotatable bonds is 4. The summed E-state index contributed by atoms with van der Waals surface area (Å²) in [5, 5.41) is 3.45. The van der Waals surface area contributed by atoms with E-state index in [-0.39, 0.29) is 11.9 Å². The number of hydrogen-bond donors (Lipinski definition) is 1. The van der Waals surface area contributed by atoms with Crippen LogP contribution in [0, 0.1) is 12.7 Å². The molecular formula is C16H18FN. The monoisotopic (exact) mass is 243 g/mol. The molecular weight excluding hydrogens is 225 g/mol. The Balaban J connectivity index is 1.98. The summed E-state index contributed by atoms with van der Waals surface area (Å²) in [7, 11) is 0. The summed E-state index contributed by atoms with van der Waals surface area (Å²) in [4.78, 5) is 0. The van der Waals surface area contributed by atoms with Gasteiger partial charge in [-0.1, -0.05) is 36.4 Å². The Morgan fingerprint density at radius 2 is 1.72 bits per heavy atom. The summed E-state index contributed by atoms with van der Waals surface area (Å²) >= 11 is 0. The van der Waals surface area contributed by atoms with E-state index in [0.29, 0.717) is 0 Å². The molecule has 18 heavy (non-hydrogen) atoms. The average Bonchev–Trinajstić information content (AvgIpc) is 2.38. The van der Waals surface area contributed by atoms with E-state index in [1.165, 1.54) is 23.3 Å². The maximum atomic E-state index is 12.8. The van der Waals surface area contributed by atoms with E-state index in [4.69, 9.17) is 0 Å². The van der Waals surface area contributed by atoms with Crippen molar-refractivity contribution in [1.29, 1.82) is 0 Å². The molecule has 2 rings (SSSR count). The highest BCUT2D eigenvalue weighted by atomic mass is 19.1. The Bertz CT molecular complexity index is 505. The third-order valence-corrected chi connectivity index (χ3v) is 3.23. The molecule has 0 heterocycles. The summed E-state index contributed by atoms with van der Waals surface area (Å²) in [5.41, 5.74) is 3.69. The van der Waals surface area contributed by atoms with Crippen LogP contribution >= 0.6 is 0 Å². The van der Waals surface area contributed by atoms with E-state index in [1.54, 1.807) is 0 Å². The number of nitrogens with one attached hydrogen (secondary N) is 1. The van der Waals surface area contributed by atoms with Crippen LogP contribution in [0.2, 0.25) is 0 Å². The van der Waals surface area contributed by atoms with Crippen molar-refractivity contribution in [3.63, 3.8) is 0 Å². The van der Waals surface area contributed by atoms with Gasteiger partial charge in [0, 0.05) is 12.6 Å². The van der Waals surface area contributed by atoms with Gasteiger partial charge in [0.15, 0.2) is 0 Å². The van der Waals surface area contributed by atoms with E-state index < -0.39 is 0 Å². The number of aryl methyl sites for hydroxylation is 1. The minimum absolute atomic E-state index is 0.190. The van der Waals surface area contributed by atoms with Crippen molar-refractivity contribution < 1.29 is 4.39 Å². The van der Waals surface area contributed by atoms with Crippen molar-refractivity contribution in [2.24, 2.45) is 0 Å². The van der Waals surface area contributed by atoms with Gasteiger partial charge in [0.25, 0.3) is 0 Å². The predicted octanol–water partition coefficient (Wildman–Crippen LogP) is 3.98. The Morgan fingerprint density at radius 3 is 2.39 bits per heavy atom. The minimum Gasteiger partial charge on any atom is -0.306 e. The van der Waals surface area contributed by atoms with Crippen LogP contribution in [0.3, 0.4) is 0 Å². The van der Waals surface area contributed by atoms with Gasteiger partial charge in [-0.3, -0.25) is 0 Å². The normalized spacial score (nSPS) is 12.4. The minimum atomic E-state index is -0.190. The highest BCUT2D eigenvalue weighted by Gasteiger charge is 2.05. The average molecular weight is 243 g/mol. The molecule has 0 aliphatic rings. The van der Waals surface area contributed by atoms with E-state index in [9.17, 15) is 4.39 Å². The van der Waals surface area contributed by atoms with Crippen molar-refractivity contribution >= 4 is 0 Å². The standard InChI is InChI=1S/C16H18FN/c1-12-5-3-4-6-15(12)11-18-13(2)14-7-9-16(17)10-8-14/h3-10,13,18H,11H2,1-2H3/t13-/m1/s1. The summed E-state index contributed by atoms with van der Waals surface area (Å²) in [6.07, 6.45) is 0. The maximum Gasteiger partial charge on any atom is 0.123 e. The molecule has 1 nitrogen and oxygen atoms in total. The van der Waals surface area contributed by atoms with Crippen LogP contribution in [0.15, 0.2) is 48.5 Å². The van der Waals surface area contributed by atoms with Crippen molar-refractivity contribution in [2.45, 2.75) is 26.4 Å². The summed E-state index contributed by atoms with van der Waals surface area (Å²) in [5.74, 6) is -0.190. The molecule has 0 saturated heterocycles. The van der Waals surface area contributed by atoms with Crippen LogP contribution in [0.25, 0.3) is 0 Å². The Labute approximate surface area is 108 Å². The Kier molecular flexibility index (Phi) is 4.11. The van der Waals surface area contributed by atoms with Gasteiger partial charge < -0.3 is 5.32 Å². The van der Waals surface area contributed by atoms with Crippen LogP contribution < -0.4 is 5.32 Å². The van der Waals surface area contributed by atoms with Gasteiger partial charge in [0.1, 0.15) is 5.82 Å². The van der Waals surface area contributed by atoms with Gasteiger partial charge in [0.05, 0.1) is 0 Å². The highest BCUT2D eigenvalue weighted by molar-refractivity contribution is 5.26. The molecule has 0 fully saturated rings. The fourth-order valence-corrected chi connectivity index (χ4v) is 1.94. The molecule has 0 radical (unpaired) electrons. The first-order valence-electron chi connectivity index (χ1n) is 6.20. The largest absolute Gasteiger partial charge is 0.306 e. The van der Waals surface area contributed by atoms with Crippen LogP contribution in [0.1, 0.15) is 29.7 Å². The molecule has 94 valence electrons. The highest BCUT2D eigenvalue weighted by Crippen LogP contribution is 2.14. The van der Waals surface area contributed by atoms with Gasteiger partial charge in [-0.2, -0.15) is 0 Å². The molecule has 2 heteroatoms. The van der Waals surface area contributed by atoms with Crippen molar-refractivity contribution in [3.8, 4) is 0 Å². The molecule has 0 bridgehead atoms. The molecule has 2 aromatic rings. The van der Waals surface area contributed by atoms with Crippen molar-refractivity contribution in [1.82, 2.24) is 5.32 Å². The molecule has 2 aromatic carbocycles. The molecule has 0 spiro atoms. The van der Waals surface area contributed by atoms with Crippen molar-refractivity contribution in [2.75, 3.05) is 0 Å². The van der Waals surface area contributed by atoms with Crippen LogP contribution in [0.5, 0.6) is 0 Å². The smallest absolute Gasteiger partial charge is 0.123 e. The van der Waals surface area contributed by atoms with Crippen LogP contribution in [0.4, 0.5) is 4.39 Å². The van der Waals surface area contributed by atoms with Gasteiger partial charge >= 0.3 is 0 Å². The zero-order chi connectivity index (χ0) is 13.0. The zero-order valence-electron chi connectivity index (χ0n) is 10.8. The van der Waals surface area contributed by atoms with Gasteiger partial charge in [-0.15, -0.1) is 0 Å². The lowest BCUT2D eigenvalue weighted by molar-refractivity contribution is 0.570. The lowest BCUT2D eigenvalue weighted by atomic mass is 10.1. The number of halogens is 1. The zero-order valence-corrected chi connectivity index (χ0v) is 10.8. The second-order valence-corrected chi connectivity index (χ2v) is 4.58. The maximum absolute atomic E-state index is 12.8. The topological polar surface area (TPSA) is 12.0 Å². The fourth-order valence-electron chi connectivity index (χ4n) is 1.94. The second kappa shape index (κ2) is 5.78. The molecule has 0 saturated carbocycles. The van der Waals surface area contributed by atoms with E-state index >= 15 is 0 Å². The number of hydrogen-bond acceptors (Lipinski definition) is 1. The SMILES string of the molecule is Cc1ccccc1CN[C@H](C)c1ccc(F)cc1. The summed E-state index contributed by atoms with van der Waals surface area (Å²) < 4.78 is 12.8. The van der Waals surface area contributed by atoms with Crippen molar-refractivity contribution in [3.05, 3.63) is 71.0 Å². The van der Waals surface area contributed by atoms with E-state index in [1.807, 2.05) is 24.3 Å². The molecule has 0 amide bonds. The number of benzene rings is 2. The van der Waals surface area contributed by atoms with E-state index in [2.05, 4.69) is 31.3 Å². The third kappa shape index (κ3) is 3.17. The van der Waals surface area contributed by atoms with Gasteiger partial charge in [0.2, 0.25) is 0 Å². The predicted molar refractivity (Wildman–Crippen MR) is 72.8 cm³/mol. The van der Waals surface area contributed by atoms with Gasteiger partial charge in [-0.05, 0) is 42.7 Å². The summed E-state index contributed by atoms with van der Waals surface area (Å²) in [6.45, 7) is 5.02. The van der Waals surface area contributed by atoms with Gasteiger partial charge in [-0.25, -0.2) is 4.39 Å². The van der Waals surface area contributed by atoms with Crippen LogP contribution in [-0.2, 0) is 6.54 Å². The first-order chi connectivity index (χ1) is 8.66. The first kappa shape index (κ1) is 12.8. The second-order valence-electron chi connectivity index (χ2n) is 4.58. The molecule has 1 atom stereocenters. The third-order valence-electron chi connectivity index (χ3n) is 3.23. The van der Waals surface area contributed by atoms with Crippen LogP contribution in [-0.4, -0.2) is 0 Å². The Morgan fingerprint density at radius 1 is 1.06 bits per heavy atom. The first-order valence-corrected chi connectivity index (χ1v) is 6.20.